The second kappa shape index (κ2) is 16.2. The van der Waals surface area contributed by atoms with Crippen LogP contribution < -0.4 is 15.8 Å². The van der Waals surface area contributed by atoms with Crippen LogP contribution in [0.5, 0.6) is 11.5 Å². The number of nitrogen functional groups attached to an aromatic ring is 1. The lowest BCUT2D eigenvalue weighted by atomic mass is 10.1. The van der Waals surface area contributed by atoms with Gasteiger partial charge in [0.25, 0.3) is 5.91 Å². The van der Waals surface area contributed by atoms with Gasteiger partial charge in [0.1, 0.15) is 11.4 Å². The zero-order chi connectivity index (χ0) is 38.3. The van der Waals surface area contributed by atoms with Crippen molar-refractivity contribution in [3.63, 3.8) is 0 Å². The summed E-state index contributed by atoms with van der Waals surface area (Å²) in [5.74, 6) is 0.516. The Hall–Kier alpha value is -7.27. The third-order valence-corrected chi connectivity index (χ3v) is 8.78. The summed E-state index contributed by atoms with van der Waals surface area (Å²) in [5.41, 5.74) is 12.9. The zero-order valence-corrected chi connectivity index (χ0v) is 30.1. The van der Waals surface area contributed by atoms with E-state index in [9.17, 15) is 9.90 Å². The first-order chi connectivity index (χ1) is 26.7. The predicted octanol–water partition coefficient (Wildman–Crippen LogP) is 12.9. The third-order valence-electron chi connectivity index (χ3n) is 8.78. The molecule has 0 atom stereocenters. The van der Waals surface area contributed by atoms with Gasteiger partial charge in [-0.1, -0.05) is 18.2 Å². The van der Waals surface area contributed by atoms with Gasteiger partial charge in [-0.2, -0.15) is 25.6 Å². The number of phenolic OH excluding ortho intramolecular Hbond substituents is 1. The highest BCUT2D eigenvalue weighted by Gasteiger charge is 2.11. The molecule has 7 aromatic carbocycles. The Labute approximate surface area is 318 Å². The van der Waals surface area contributed by atoms with Crippen LogP contribution in [0.1, 0.15) is 27.9 Å². The number of rotatable bonds is 11. The number of hydrogen-bond acceptors (Lipinski definition) is 10. The summed E-state index contributed by atoms with van der Waals surface area (Å²) in [5, 5.41) is 43.6. The normalized spacial score (nSPS) is 11.7. The molecule has 2 radical (unpaired) electrons. The van der Waals surface area contributed by atoms with E-state index in [1.54, 1.807) is 54.6 Å². The molecule has 1 amide bonds. The van der Waals surface area contributed by atoms with Crippen molar-refractivity contribution in [2.75, 3.05) is 17.7 Å². The number of nitrogens with zero attached hydrogens (tertiary/aromatic N) is 6. The lowest BCUT2D eigenvalue weighted by Crippen LogP contribution is -2.11. The monoisotopic (exact) mass is 724 g/mol. The van der Waals surface area contributed by atoms with Crippen LogP contribution in [-0.2, 0) is 0 Å². The van der Waals surface area contributed by atoms with Crippen LogP contribution in [0.15, 0.2) is 158 Å². The van der Waals surface area contributed by atoms with E-state index in [4.69, 9.17) is 17.4 Å². The quantitative estimate of drug-likeness (QED) is 0.0895. The molecule has 0 heterocycles. The lowest BCUT2D eigenvalue weighted by molar-refractivity contribution is 0.102. The van der Waals surface area contributed by atoms with Crippen LogP contribution in [-0.4, -0.2) is 17.6 Å². The van der Waals surface area contributed by atoms with Crippen LogP contribution in [0, 0.1) is 20.8 Å². The fourth-order valence-corrected chi connectivity index (χ4v) is 5.86. The maximum Gasteiger partial charge on any atom is 0.255 e. The molecule has 0 aliphatic carbocycles. The molecule has 55 heavy (non-hydrogen) atoms. The average Bonchev–Trinajstić information content (AvgIpc) is 3.19. The first-order valence-corrected chi connectivity index (χ1v) is 17.5. The Kier molecular flexibility index (Phi) is 10.6. The largest absolute Gasteiger partial charge is 0.505 e. The summed E-state index contributed by atoms with van der Waals surface area (Å²) < 4.78 is 5.76. The summed E-state index contributed by atoms with van der Waals surface area (Å²) >= 11 is 0. The molecule has 11 heteroatoms. The topological polar surface area (TPSA) is 159 Å². The number of benzene rings is 7. The lowest BCUT2D eigenvalue weighted by Gasteiger charge is -2.09. The molecule has 0 aromatic heterocycles. The predicted molar refractivity (Wildman–Crippen MR) is 218 cm³/mol. The number of azo groups is 3. The minimum atomic E-state index is -0.261. The van der Waals surface area contributed by atoms with Crippen molar-refractivity contribution in [1.29, 1.82) is 0 Å². The molecule has 7 aromatic rings. The molecule has 0 saturated carbocycles. The maximum atomic E-state index is 12.6. The molecular weight excluding hydrogens is 689 g/mol. The van der Waals surface area contributed by atoms with Gasteiger partial charge in [-0.25, -0.2) is 0 Å². The van der Waals surface area contributed by atoms with Gasteiger partial charge in [-0.05, 0) is 158 Å². The fraction of sp³-hybridized carbons (Fsp3) is 0.0909. The number of carbonyl (C=O) groups is 1. The van der Waals surface area contributed by atoms with Gasteiger partial charge in [0, 0.05) is 27.7 Å². The third kappa shape index (κ3) is 8.52. The van der Waals surface area contributed by atoms with Gasteiger partial charge < -0.3 is 20.9 Å². The molecule has 0 saturated heterocycles. The van der Waals surface area contributed by atoms with E-state index in [2.05, 4.69) is 36.0 Å². The van der Waals surface area contributed by atoms with E-state index in [1.807, 2.05) is 86.6 Å². The Morgan fingerprint density at radius 2 is 1.24 bits per heavy atom. The molecule has 0 bridgehead atoms. The number of aromatic hydroxyl groups is 1. The SMILES string of the molecule is [CH]CCOc1cccc2cc(N=Nc3ccc(N=Nc4ccc(N=Nc5ccc6cc(NC(=O)c7ccc(N)cc7)ccc6c5O)cc4C)cc3C)ccc12. The van der Waals surface area contributed by atoms with Gasteiger partial charge in [-0.3, -0.25) is 4.79 Å². The van der Waals surface area contributed by atoms with Crippen molar-refractivity contribution in [2.24, 2.45) is 30.7 Å². The average molecular weight is 725 g/mol. The van der Waals surface area contributed by atoms with Crippen molar-refractivity contribution in [1.82, 2.24) is 0 Å². The fourth-order valence-electron chi connectivity index (χ4n) is 5.86. The van der Waals surface area contributed by atoms with E-state index in [-0.39, 0.29) is 11.7 Å². The van der Waals surface area contributed by atoms with Crippen molar-refractivity contribution in [3.05, 3.63) is 151 Å². The van der Waals surface area contributed by atoms with Crippen LogP contribution in [0.4, 0.5) is 45.5 Å². The van der Waals surface area contributed by atoms with Crippen molar-refractivity contribution >= 4 is 73.0 Å². The molecule has 11 nitrogen and oxygen atoms in total. The number of fused-ring (bicyclic) bond motifs is 2. The van der Waals surface area contributed by atoms with Gasteiger partial charge in [-0.15, -0.1) is 5.11 Å². The van der Waals surface area contributed by atoms with Gasteiger partial charge >= 0.3 is 0 Å². The highest BCUT2D eigenvalue weighted by Crippen LogP contribution is 2.37. The van der Waals surface area contributed by atoms with Crippen LogP contribution in [0.3, 0.4) is 0 Å². The first-order valence-electron chi connectivity index (χ1n) is 17.5. The number of phenols is 1. The molecule has 4 N–H and O–H groups in total. The van der Waals surface area contributed by atoms with Crippen molar-refractivity contribution < 1.29 is 14.6 Å². The molecule has 270 valence electrons. The number of aryl methyl sites for hydroxylation is 2. The standard InChI is InChI=1S/C44H36N8O3/c1-4-22-55-42-7-5-6-30-26-36(14-17-37(30)42)49-51-40-20-15-34(23-27(40)2)47-50-39-21-16-35(24-28(39)3)48-52-41-19-10-31-25-33(13-18-38(31)43(41)53)46-44(54)29-8-11-32(45)12-9-29/h1,5-21,23-26,53H,4,22,45H2,2-3H3,(H,46,54). The van der Waals surface area contributed by atoms with Crippen LogP contribution in [0.2, 0.25) is 0 Å². The summed E-state index contributed by atoms with van der Waals surface area (Å²) in [6.07, 6.45) is 0.451. The Balaban J connectivity index is 0.989. The van der Waals surface area contributed by atoms with E-state index in [1.165, 1.54) is 0 Å². The molecule has 0 fully saturated rings. The van der Waals surface area contributed by atoms with E-state index in [0.29, 0.717) is 58.1 Å². The second-order valence-corrected chi connectivity index (χ2v) is 12.8. The van der Waals surface area contributed by atoms with E-state index in [0.717, 1.165) is 44.4 Å². The Bertz CT molecular complexity index is 2630. The molecule has 0 aliphatic rings. The smallest absolute Gasteiger partial charge is 0.255 e. The molecule has 7 rings (SSSR count). The highest BCUT2D eigenvalue weighted by atomic mass is 16.5. The number of hydrogen-bond donors (Lipinski definition) is 3. The maximum absolute atomic E-state index is 12.6. The van der Waals surface area contributed by atoms with Crippen molar-refractivity contribution in [3.8, 4) is 11.5 Å². The summed E-state index contributed by atoms with van der Waals surface area (Å²) in [6.45, 7) is 9.92. The first kappa shape index (κ1) is 36.1. The van der Waals surface area contributed by atoms with E-state index >= 15 is 0 Å². The van der Waals surface area contributed by atoms with Crippen molar-refractivity contribution in [2.45, 2.75) is 20.3 Å². The van der Waals surface area contributed by atoms with Crippen LogP contribution >= 0.6 is 0 Å². The van der Waals surface area contributed by atoms with Crippen LogP contribution in [0.25, 0.3) is 21.5 Å². The molecular formula is C44H36N8O3. The molecule has 0 unspecified atom stereocenters. The van der Waals surface area contributed by atoms with Gasteiger partial charge in [0.05, 0.1) is 35.0 Å². The summed E-state index contributed by atoms with van der Waals surface area (Å²) in [7, 11) is 0. The summed E-state index contributed by atoms with van der Waals surface area (Å²) in [6, 6.07) is 38.2. The molecule has 0 spiro atoms. The second-order valence-electron chi connectivity index (χ2n) is 12.8. The highest BCUT2D eigenvalue weighted by molar-refractivity contribution is 6.06. The van der Waals surface area contributed by atoms with Gasteiger partial charge in [0.2, 0.25) is 0 Å². The molecule has 0 aliphatic heterocycles. The Morgan fingerprint density at radius 3 is 1.89 bits per heavy atom. The minimum absolute atomic E-state index is 0.0142. The number of nitrogens with one attached hydrogen (secondary N) is 1. The number of carbonyl (C=O) groups excluding carboxylic acids is 1. The van der Waals surface area contributed by atoms with Gasteiger partial charge in [0.15, 0.2) is 5.75 Å². The number of ether oxygens (including phenoxy) is 1. The summed E-state index contributed by atoms with van der Waals surface area (Å²) in [4.78, 5) is 12.6. The van der Waals surface area contributed by atoms with E-state index < -0.39 is 0 Å². The number of amides is 1. The number of anilines is 2. The minimum Gasteiger partial charge on any atom is -0.505 e. The Morgan fingerprint density at radius 1 is 0.655 bits per heavy atom. The number of nitrogens with two attached hydrogens (primary N) is 1. The zero-order valence-electron chi connectivity index (χ0n) is 30.1.